The molecule has 1 atom stereocenters. The number of nitrogens with one attached hydrogen (secondary N) is 1. The zero-order chi connectivity index (χ0) is 33.4. The van der Waals surface area contributed by atoms with Crippen LogP contribution in [0, 0.1) is 28.6 Å². The topological polar surface area (TPSA) is 151 Å². The molecule has 14 heteroatoms. The third kappa shape index (κ3) is 6.34. The van der Waals surface area contributed by atoms with Crippen molar-refractivity contribution in [1.29, 1.82) is 10.5 Å². The van der Waals surface area contributed by atoms with Crippen molar-refractivity contribution in [3.63, 3.8) is 0 Å². The molecule has 0 spiro atoms. The van der Waals surface area contributed by atoms with Crippen LogP contribution in [0.3, 0.4) is 0 Å². The molecule has 234 valence electrons. The highest BCUT2D eigenvalue weighted by Gasteiger charge is 2.46. The molecule has 0 bridgehead atoms. The summed E-state index contributed by atoms with van der Waals surface area (Å²) in [4.78, 5) is 42.9. The van der Waals surface area contributed by atoms with E-state index < -0.39 is 52.2 Å². The lowest BCUT2D eigenvalue weighted by Crippen LogP contribution is -2.54. The number of carbonyl (C=O) groups excluding carboxylic acids is 3. The fourth-order valence-corrected chi connectivity index (χ4v) is 6.19. The first kappa shape index (κ1) is 31.9. The first-order valence-electron chi connectivity index (χ1n) is 13.8. The molecule has 0 saturated heterocycles. The van der Waals surface area contributed by atoms with Crippen LogP contribution in [-0.4, -0.2) is 37.6 Å². The summed E-state index contributed by atoms with van der Waals surface area (Å²) in [5.74, 6) is -1.94. The lowest BCUT2D eigenvalue weighted by molar-refractivity contribution is -0.137. The first-order valence-corrected chi connectivity index (χ1v) is 15.3. The summed E-state index contributed by atoms with van der Waals surface area (Å²) in [6.45, 7) is 0.514. The smallest absolute Gasteiger partial charge is 0.303 e. The van der Waals surface area contributed by atoms with Gasteiger partial charge in [-0.25, -0.2) is 17.9 Å². The van der Waals surface area contributed by atoms with Gasteiger partial charge in [0.05, 0.1) is 45.5 Å². The van der Waals surface area contributed by atoms with E-state index in [4.69, 9.17) is 5.26 Å². The highest BCUT2D eigenvalue weighted by molar-refractivity contribution is 7.90. The number of rotatable bonds is 8. The van der Waals surface area contributed by atoms with Gasteiger partial charge in [-0.15, -0.1) is 0 Å². The van der Waals surface area contributed by atoms with Crippen LogP contribution >= 0.6 is 0 Å². The van der Waals surface area contributed by atoms with Gasteiger partial charge in [-0.2, -0.15) is 23.7 Å². The van der Waals surface area contributed by atoms with E-state index in [2.05, 4.69) is 0 Å². The summed E-state index contributed by atoms with van der Waals surface area (Å²) in [5.41, 5.74) is -0.393. The van der Waals surface area contributed by atoms with E-state index in [0.29, 0.717) is 18.4 Å². The molecule has 1 aliphatic heterocycles. The number of nitriles is 2. The number of hydrogen-bond acceptors (Lipinski definition) is 7. The Labute approximate surface area is 262 Å². The second-order valence-electron chi connectivity index (χ2n) is 10.7. The summed E-state index contributed by atoms with van der Waals surface area (Å²) < 4.78 is 68.8. The van der Waals surface area contributed by atoms with Crippen LogP contribution in [0.5, 0.6) is 0 Å². The largest absolute Gasteiger partial charge is 0.416 e. The van der Waals surface area contributed by atoms with Crippen LogP contribution in [0.2, 0.25) is 0 Å². The fourth-order valence-electron chi connectivity index (χ4n) is 5.21. The van der Waals surface area contributed by atoms with Gasteiger partial charge in [-0.3, -0.25) is 14.5 Å². The SMILES string of the molecule is CC1=C(C(=O)C2CC2)C(c2ccc(C#N)cc2)N(CC(=O)NS(=O)(=O)c2ccc(C#N)cc2)C(=O)N1c1cccc(C(F)(F)F)c1. The summed E-state index contributed by atoms with van der Waals surface area (Å²) in [7, 11) is -4.48. The van der Waals surface area contributed by atoms with E-state index in [-0.39, 0.29) is 38.8 Å². The minimum absolute atomic E-state index is 0.0481. The molecule has 1 aliphatic carbocycles. The predicted octanol–water partition coefficient (Wildman–Crippen LogP) is 5.19. The second kappa shape index (κ2) is 12.1. The van der Waals surface area contributed by atoms with Gasteiger partial charge in [0.25, 0.3) is 15.9 Å². The van der Waals surface area contributed by atoms with E-state index in [1.165, 1.54) is 49.4 Å². The van der Waals surface area contributed by atoms with Gasteiger partial charge in [0, 0.05) is 17.2 Å². The molecule has 0 radical (unpaired) electrons. The van der Waals surface area contributed by atoms with Crippen molar-refractivity contribution in [2.75, 3.05) is 11.4 Å². The quantitative estimate of drug-likeness (QED) is 0.353. The Morgan fingerprint density at radius 1 is 0.957 bits per heavy atom. The van der Waals surface area contributed by atoms with E-state index in [0.717, 1.165) is 40.1 Å². The predicted molar refractivity (Wildman–Crippen MR) is 157 cm³/mol. The Hall–Kier alpha value is -5.47. The van der Waals surface area contributed by atoms with Gasteiger partial charge < -0.3 is 4.90 Å². The minimum atomic E-state index is -4.75. The lowest BCUT2D eigenvalue weighted by atomic mass is 9.88. The highest BCUT2D eigenvalue weighted by Crippen LogP contribution is 2.44. The number of benzene rings is 3. The second-order valence-corrected chi connectivity index (χ2v) is 12.4. The standard InChI is InChI=1S/C32H24F3N5O5S/c1-19-28(30(42)23-11-12-23)29(22-9-5-20(16-36)6-10-22)39(31(43)40(19)25-4-2-3-24(15-25)32(33,34)35)18-27(41)38-46(44,45)26-13-7-21(17-37)8-14-26/h2-10,13-15,23,29H,11-12,18H2,1H3,(H,38,41). The van der Waals surface area contributed by atoms with Crippen molar-refractivity contribution in [2.45, 2.75) is 36.9 Å². The highest BCUT2D eigenvalue weighted by atomic mass is 32.2. The molecule has 1 heterocycles. The number of ketones is 1. The van der Waals surface area contributed by atoms with Crippen molar-refractivity contribution >= 4 is 33.4 Å². The molecule has 3 aromatic carbocycles. The number of halogens is 3. The minimum Gasteiger partial charge on any atom is -0.303 e. The molecular weight excluding hydrogens is 623 g/mol. The normalized spacial score (nSPS) is 16.9. The maximum atomic E-state index is 14.2. The molecular formula is C32H24F3N5O5S. The van der Waals surface area contributed by atoms with Gasteiger partial charge in [0.15, 0.2) is 5.78 Å². The number of anilines is 1. The Morgan fingerprint density at radius 2 is 1.54 bits per heavy atom. The van der Waals surface area contributed by atoms with E-state index >= 15 is 0 Å². The van der Waals surface area contributed by atoms with Gasteiger partial charge in [0.2, 0.25) is 0 Å². The van der Waals surface area contributed by atoms with Crippen LogP contribution in [0.25, 0.3) is 0 Å². The number of sulfonamides is 1. The summed E-state index contributed by atoms with van der Waals surface area (Å²) in [6, 6.07) is 16.1. The first-order chi connectivity index (χ1) is 21.7. The molecule has 2 aliphatic rings. The Morgan fingerprint density at radius 3 is 2.09 bits per heavy atom. The van der Waals surface area contributed by atoms with Gasteiger partial charge in [0.1, 0.15) is 6.54 Å². The van der Waals surface area contributed by atoms with Crippen LogP contribution < -0.4 is 9.62 Å². The molecule has 1 N–H and O–H groups in total. The summed E-state index contributed by atoms with van der Waals surface area (Å²) in [6.07, 6.45) is -3.64. The van der Waals surface area contributed by atoms with Gasteiger partial charge >= 0.3 is 12.2 Å². The van der Waals surface area contributed by atoms with Crippen LogP contribution in [0.15, 0.2) is 89.0 Å². The third-order valence-corrected chi connectivity index (χ3v) is 8.99. The molecule has 0 aromatic heterocycles. The average Bonchev–Trinajstić information content (AvgIpc) is 3.87. The van der Waals surface area contributed by atoms with Crippen molar-refractivity contribution in [1.82, 2.24) is 9.62 Å². The molecule has 1 saturated carbocycles. The Bertz CT molecular complexity index is 1960. The van der Waals surface area contributed by atoms with Gasteiger partial charge in [-0.1, -0.05) is 18.2 Å². The third-order valence-electron chi connectivity index (χ3n) is 7.60. The number of amides is 3. The maximum Gasteiger partial charge on any atom is 0.416 e. The summed E-state index contributed by atoms with van der Waals surface area (Å²) >= 11 is 0. The van der Waals surface area contributed by atoms with E-state index in [9.17, 15) is 41.2 Å². The van der Waals surface area contributed by atoms with Crippen LogP contribution in [0.4, 0.5) is 23.7 Å². The van der Waals surface area contributed by atoms with Crippen molar-refractivity contribution in [3.8, 4) is 12.1 Å². The number of carbonyl (C=O) groups is 3. The monoisotopic (exact) mass is 647 g/mol. The zero-order valence-electron chi connectivity index (χ0n) is 24.1. The molecule has 1 unspecified atom stereocenters. The van der Waals surface area contributed by atoms with Crippen LogP contribution in [-0.2, 0) is 25.8 Å². The number of allylic oxidation sites excluding steroid dienone is 1. The van der Waals surface area contributed by atoms with Crippen molar-refractivity contribution < 1.29 is 36.0 Å². The number of alkyl halides is 3. The molecule has 3 amide bonds. The molecule has 1 fully saturated rings. The zero-order valence-corrected chi connectivity index (χ0v) is 24.9. The lowest BCUT2D eigenvalue weighted by Gasteiger charge is -2.43. The summed E-state index contributed by atoms with van der Waals surface area (Å²) in [5, 5.41) is 18.3. The number of Topliss-reactive ketones (excluding diaryl/α,β-unsaturated/α-hetero) is 1. The fraction of sp³-hybridized carbons (Fsp3) is 0.219. The average molecular weight is 648 g/mol. The van der Waals surface area contributed by atoms with Crippen molar-refractivity contribution in [2.24, 2.45) is 5.92 Å². The Kier molecular flexibility index (Phi) is 8.43. The number of nitrogens with zero attached hydrogens (tertiary/aromatic N) is 4. The van der Waals surface area contributed by atoms with Crippen LogP contribution in [0.1, 0.15) is 48.1 Å². The molecule has 5 rings (SSSR count). The van der Waals surface area contributed by atoms with E-state index in [1.807, 2.05) is 16.9 Å². The van der Waals surface area contributed by atoms with E-state index in [1.54, 1.807) is 0 Å². The number of urea groups is 1. The molecule has 3 aromatic rings. The van der Waals surface area contributed by atoms with Crippen molar-refractivity contribution in [3.05, 3.63) is 106 Å². The number of hydrogen-bond donors (Lipinski definition) is 1. The van der Waals surface area contributed by atoms with Gasteiger partial charge in [-0.05, 0) is 79.9 Å². The molecule has 10 nitrogen and oxygen atoms in total. The molecule has 46 heavy (non-hydrogen) atoms. The Balaban J connectivity index is 1.61. The maximum absolute atomic E-state index is 14.2.